The van der Waals surface area contributed by atoms with Gasteiger partial charge in [0, 0.05) is 38.6 Å². The number of amides is 2. The molecule has 158 valence electrons. The third-order valence-electron chi connectivity index (χ3n) is 7.01. The second-order valence-corrected chi connectivity index (χ2v) is 9.17. The number of β-amino-alcohol motifs (C(OH)–C–C–N with tert-alkyl or cyclic N) is 1. The molecule has 2 aliphatic heterocycles. The van der Waals surface area contributed by atoms with Crippen molar-refractivity contribution in [1.29, 1.82) is 0 Å². The van der Waals surface area contributed by atoms with Crippen LogP contribution in [0.15, 0.2) is 24.5 Å². The largest absolute Gasteiger partial charge is 0.391 e. The van der Waals surface area contributed by atoms with Crippen molar-refractivity contribution >= 4 is 11.8 Å². The van der Waals surface area contributed by atoms with E-state index in [1.807, 2.05) is 0 Å². The number of carbonyl (C=O) groups excluding carboxylic acids is 2. The summed E-state index contributed by atoms with van der Waals surface area (Å²) in [4.78, 5) is 33.3. The van der Waals surface area contributed by atoms with Gasteiger partial charge in [0.15, 0.2) is 0 Å². The van der Waals surface area contributed by atoms with Gasteiger partial charge in [-0.2, -0.15) is 0 Å². The smallest absolute Gasteiger partial charge is 0.255 e. The fourth-order valence-corrected chi connectivity index (χ4v) is 5.37. The normalized spacial score (nSPS) is 26.3. The first-order valence-corrected chi connectivity index (χ1v) is 10.8. The van der Waals surface area contributed by atoms with Crippen molar-refractivity contribution in [3.63, 3.8) is 0 Å². The molecule has 7 nitrogen and oxygen atoms in total. The molecule has 2 N–H and O–H groups in total. The van der Waals surface area contributed by atoms with E-state index in [2.05, 4.69) is 4.98 Å². The van der Waals surface area contributed by atoms with Crippen molar-refractivity contribution < 1.29 is 19.8 Å². The molecule has 7 heteroatoms. The first kappa shape index (κ1) is 20.3. The predicted octanol–water partition coefficient (Wildman–Crippen LogP) is 1.59. The third-order valence-corrected chi connectivity index (χ3v) is 7.01. The number of aliphatic hydroxyl groups excluding tert-OH is 1. The quantitative estimate of drug-likeness (QED) is 0.785. The molecule has 1 spiro atoms. The Kier molecular flexibility index (Phi) is 5.62. The zero-order valence-electron chi connectivity index (χ0n) is 16.9. The third kappa shape index (κ3) is 4.16. The molecule has 0 radical (unpaired) electrons. The van der Waals surface area contributed by atoms with Crippen molar-refractivity contribution in [2.24, 2.45) is 5.41 Å². The van der Waals surface area contributed by atoms with Gasteiger partial charge in [-0.25, -0.2) is 0 Å². The average molecular weight is 402 g/mol. The molecule has 1 aromatic heterocycles. The van der Waals surface area contributed by atoms with E-state index < -0.39 is 11.7 Å². The van der Waals surface area contributed by atoms with Gasteiger partial charge in [-0.15, -0.1) is 0 Å². The molecule has 0 aromatic carbocycles. The Morgan fingerprint density at radius 1 is 1.07 bits per heavy atom. The topological polar surface area (TPSA) is 94.0 Å². The summed E-state index contributed by atoms with van der Waals surface area (Å²) in [7, 11) is 0. The lowest BCUT2D eigenvalue weighted by atomic mass is 9.71. The number of rotatable bonds is 2. The summed E-state index contributed by atoms with van der Waals surface area (Å²) < 4.78 is 0. The molecule has 3 aliphatic rings. The van der Waals surface area contributed by atoms with E-state index >= 15 is 0 Å². The molecular formula is C22H31N3O4. The van der Waals surface area contributed by atoms with Crippen molar-refractivity contribution in [2.45, 2.75) is 63.1 Å². The van der Waals surface area contributed by atoms with Crippen LogP contribution in [0.1, 0.15) is 61.7 Å². The van der Waals surface area contributed by atoms with Crippen LogP contribution in [0.3, 0.4) is 0 Å². The Balaban J connectivity index is 1.41. The van der Waals surface area contributed by atoms with E-state index in [9.17, 15) is 19.8 Å². The van der Waals surface area contributed by atoms with Gasteiger partial charge in [0.05, 0.1) is 11.7 Å². The van der Waals surface area contributed by atoms with Crippen molar-refractivity contribution in [3.8, 4) is 0 Å². The van der Waals surface area contributed by atoms with E-state index in [0.717, 1.165) is 32.1 Å². The first-order chi connectivity index (χ1) is 13.9. The van der Waals surface area contributed by atoms with Crippen molar-refractivity contribution in [1.82, 2.24) is 14.8 Å². The molecule has 1 unspecified atom stereocenters. The maximum Gasteiger partial charge on any atom is 0.255 e. The summed E-state index contributed by atoms with van der Waals surface area (Å²) in [5.41, 5.74) is -0.845. The van der Waals surface area contributed by atoms with Crippen molar-refractivity contribution in [3.05, 3.63) is 30.1 Å². The van der Waals surface area contributed by atoms with Crippen LogP contribution in [0.25, 0.3) is 0 Å². The summed E-state index contributed by atoms with van der Waals surface area (Å²) in [6.07, 6.45) is 8.75. The SMILES string of the molecule is O=C(c1cccnc1)N1CC(O)CC2(CCN(C(=O)C3(O)CCCCC3)CC2)C1. The van der Waals surface area contributed by atoms with Gasteiger partial charge in [-0.1, -0.05) is 19.3 Å². The molecule has 1 aliphatic carbocycles. The molecule has 3 fully saturated rings. The summed E-state index contributed by atoms with van der Waals surface area (Å²) in [5.74, 6) is -0.238. The number of hydrogen-bond acceptors (Lipinski definition) is 5. The van der Waals surface area contributed by atoms with Crippen LogP contribution in [0.2, 0.25) is 0 Å². The van der Waals surface area contributed by atoms with Gasteiger partial charge >= 0.3 is 0 Å². The molecule has 3 heterocycles. The number of likely N-dealkylation sites (tertiary alicyclic amines) is 2. The fraction of sp³-hybridized carbons (Fsp3) is 0.682. The molecule has 2 amide bonds. The van der Waals surface area contributed by atoms with Gasteiger partial charge in [0.25, 0.3) is 11.8 Å². The highest BCUT2D eigenvalue weighted by molar-refractivity contribution is 5.94. The van der Waals surface area contributed by atoms with Crippen LogP contribution in [0.5, 0.6) is 0 Å². The standard InChI is InChI=1S/C22H31N3O4/c26-18-13-21(16-25(15-18)19(27)17-5-4-10-23-14-17)8-11-24(12-9-21)20(28)22(29)6-2-1-3-7-22/h4-5,10,14,18,26,29H,1-3,6-9,11-13,15-16H2. The maximum absolute atomic E-state index is 12.9. The van der Waals surface area contributed by atoms with E-state index in [0.29, 0.717) is 51.0 Å². The monoisotopic (exact) mass is 401 g/mol. The molecule has 1 aromatic rings. The van der Waals surface area contributed by atoms with E-state index in [1.54, 1.807) is 34.3 Å². The second kappa shape index (κ2) is 8.03. The Hall–Kier alpha value is -1.99. The van der Waals surface area contributed by atoms with E-state index in [-0.39, 0.29) is 17.2 Å². The van der Waals surface area contributed by atoms with Crippen LogP contribution in [0.4, 0.5) is 0 Å². The van der Waals surface area contributed by atoms with Gasteiger partial charge in [-0.3, -0.25) is 14.6 Å². The summed E-state index contributed by atoms with van der Waals surface area (Å²) in [6, 6.07) is 3.48. The zero-order chi connectivity index (χ0) is 20.5. The summed E-state index contributed by atoms with van der Waals surface area (Å²) >= 11 is 0. The minimum atomic E-state index is -1.20. The minimum absolute atomic E-state index is 0.105. The fourth-order valence-electron chi connectivity index (χ4n) is 5.37. The van der Waals surface area contributed by atoms with Crippen LogP contribution >= 0.6 is 0 Å². The number of aromatic nitrogens is 1. The number of hydrogen-bond donors (Lipinski definition) is 2. The lowest BCUT2D eigenvalue weighted by molar-refractivity contribution is -0.158. The molecule has 0 bridgehead atoms. The predicted molar refractivity (Wildman–Crippen MR) is 107 cm³/mol. The minimum Gasteiger partial charge on any atom is -0.391 e. The summed E-state index contributed by atoms with van der Waals surface area (Å²) in [5, 5.41) is 21.3. The Morgan fingerprint density at radius 2 is 1.79 bits per heavy atom. The molecular weight excluding hydrogens is 370 g/mol. The molecule has 29 heavy (non-hydrogen) atoms. The Bertz CT molecular complexity index is 740. The Labute approximate surface area is 171 Å². The van der Waals surface area contributed by atoms with Crippen LogP contribution in [-0.2, 0) is 4.79 Å². The number of pyridine rings is 1. The summed E-state index contributed by atoms with van der Waals surface area (Å²) in [6.45, 7) is 2.06. The van der Waals surface area contributed by atoms with Crippen LogP contribution in [0, 0.1) is 5.41 Å². The average Bonchev–Trinajstić information content (AvgIpc) is 2.74. The number of piperidine rings is 2. The lowest BCUT2D eigenvalue weighted by Crippen LogP contribution is -2.58. The number of aliphatic hydroxyl groups is 2. The molecule has 2 saturated heterocycles. The first-order valence-electron chi connectivity index (χ1n) is 10.8. The molecule has 1 atom stereocenters. The second-order valence-electron chi connectivity index (χ2n) is 9.17. The molecule has 4 rings (SSSR count). The highest BCUT2D eigenvalue weighted by Crippen LogP contribution is 2.41. The van der Waals surface area contributed by atoms with Gasteiger partial charge in [-0.05, 0) is 49.7 Å². The highest BCUT2D eigenvalue weighted by Gasteiger charge is 2.46. The van der Waals surface area contributed by atoms with E-state index in [4.69, 9.17) is 0 Å². The van der Waals surface area contributed by atoms with Crippen molar-refractivity contribution in [2.75, 3.05) is 26.2 Å². The van der Waals surface area contributed by atoms with E-state index in [1.165, 1.54) is 0 Å². The lowest BCUT2D eigenvalue weighted by Gasteiger charge is -2.50. The van der Waals surface area contributed by atoms with Crippen LogP contribution < -0.4 is 0 Å². The van der Waals surface area contributed by atoms with Crippen LogP contribution in [-0.4, -0.2) is 74.7 Å². The molecule has 1 saturated carbocycles. The highest BCUT2D eigenvalue weighted by atomic mass is 16.3. The van der Waals surface area contributed by atoms with Gasteiger partial charge in [0.1, 0.15) is 5.60 Å². The number of nitrogens with zero attached hydrogens (tertiary/aromatic N) is 3. The zero-order valence-corrected chi connectivity index (χ0v) is 16.9. The van der Waals surface area contributed by atoms with Gasteiger partial charge < -0.3 is 20.0 Å². The maximum atomic E-state index is 12.9. The number of carbonyl (C=O) groups is 2. The Morgan fingerprint density at radius 3 is 2.45 bits per heavy atom. The van der Waals surface area contributed by atoms with Gasteiger partial charge in [0.2, 0.25) is 0 Å².